The first-order valence-electron chi connectivity index (χ1n) is 4.85. The number of halogens is 2. The van der Waals surface area contributed by atoms with Crippen LogP contribution in [-0.2, 0) is 0 Å². The SMILES string of the molecule is FC(F)CCNc1nccc2nccnc12. The Morgan fingerprint density at radius 1 is 1.12 bits per heavy atom. The molecule has 16 heavy (non-hydrogen) atoms. The van der Waals surface area contributed by atoms with Crippen LogP contribution in [0.5, 0.6) is 0 Å². The zero-order valence-electron chi connectivity index (χ0n) is 8.40. The standard InChI is InChI=1S/C10H10F2N4/c11-8(12)2-4-16-10-9-7(1-3-15-10)13-5-6-14-9/h1,3,5-6,8H,2,4H2,(H,15,16). The molecule has 0 unspecified atom stereocenters. The van der Waals surface area contributed by atoms with E-state index in [-0.39, 0.29) is 13.0 Å². The summed E-state index contributed by atoms with van der Waals surface area (Å²) in [6.45, 7) is 0.167. The van der Waals surface area contributed by atoms with E-state index < -0.39 is 6.43 Å². The van der Waals surface area contributed by atoms with Gasteiger partial charge in [-0.1, -0.05) is 0 Å². The molecule has 84 valence electrons. The van der Waals surface area contributed by atoms with E-state index in [1.54, 1.807) is 24.7 Å². The van der Waals surface area contributed by atoms with Crippen LogP contribution in [0.4, 0.5) is 14.6 Å². The minimum Gasteiger partial charge on any atom is -0.368 e. The molecule has 1 N–H and O–H groups in total. The molecule has 0 spiro atoms. The van der Waals surface area contributed by atoms with Gasteiger partial charge in [0, 0.05) is 31.6 Å². The largest absolute Gasteiger partial charge is 0.368 e. The smallest absolute Gasteiger partial charge is 0.240 e. The van der Waals surface area contributed by atoms with Crippen molar-refractivity contribution < 1.29 is 8.78 Å². The molecule has 0 fully saturated rings. The Morgan fingerprint density at radius 2 is 1.94 bits per heavy atom. The zero-order valence-corrected chi connectivity index (χ0v) is 8.40. The van der Waals surface area contributed by atoms with Gasteiger partial charge in [-0.2, -0.15) is 0 Å². The molecular weight excluding hydrogens is 214 g/mol. The highest BCUT2D eigenvalue weighted by molar-refractivity contribution is 5.84. The van der Waals surface area contributed by atoms with Gasteiger partial charge < -0.3 is 5.32 Å². The van der Waals surface area contributed by atoms with Crippen LogP contribution in [0.1, 0.15) is 6.42 Å². The van der Waals surface area contributed by atoms with Gasteiger partial charge in [-0.05, 0) is 6.07 Å². The fraction of sp³-hybridized carbons (Fsp3) is 0.300. The summed E-state index contributed by atoms with van der Waals surface area (Å²) in [5.41, 5.74) is 1.29. The maximum absolute atomic E-state index is 12.0. The van der Waals surface area contributed by atoms with Crippen LogP contribution in [0.15, 0.2) is 24.7 Å². The molecule has 0 amide bonds. The summed E-state index contributed by atoms with van der Waals surface area (Å²) in [7, 11) is 0. The highest BCUT2D eigenvalue weighted by Crippen LogP contribution is 2.15. The van der Waals surface area contributed by atoms with E-state index in [1.807, 2.05) is 0 Å². The Bertz CT molecular complexity index is 470. The number of nitrogens with one attached hydrogen (secondary N) is 1. The van der Waals surface area contributed by atoms with Crippen molar-refractivity contribution in [2.75, 3.05) is 11.9 Å². The molecule has 0 aliphatic heterocycles. The van der Waals surface area contributed by atoms with Crippen molar-refractivity contribution in [3.8, 4) is 0 Å². The van der Waals surface area contributed by atoms with Crippen molar-refractivity contribution in [2.24, 2.45) is 0 Å². The summed E-state index contributed by atoms with van der Waals surface area (Å²) >= 11 is 0. The minimum absolute atomic E-state index is 0.167. The Labute approximate surface area is 90.7 Å². The molecule has 0 aliphatic rings. The number of hydrogen-bond donors (Lipinski definition) is 1. The van der Waals surface area contributed by atoms with Gasteiger partial charge in [0.15, 0.2) is 5.82 Å². The molecular formula is C10H10F2N4. The number of nitrogens with zero attached hydrogens (tertiary/aromatic N) is 3. The normalized spacial score (nSPS) is 10.9. The second-order valence-electron chi connectivity index (χ2n) is 3.19. The number of aromatic nitrogens is 3. The van der Waals surface area contributed by atoms with Crippen molar-refractivity contribution in [3.05, 3.63) is 24.7 Å². The second-order valence-corrected chi connectivity index (χ2v) is 3.19. The van der Waals surface area contributed by atoms with Gasteiger partial charge in [0.2, 0.25) is 6.43 Å². The Kier molecular flexibility index (Phi) is 3.19. The molecule has 0 saturated carbocycles. The lowest BCUT2D eigenvalue weighted by molar-refractivity contribution is 0.142. The van der Waals surface area contributed by atoms with Gasteiger partial charge in [-0.3, -0.25) is 4.98 Å². The van der Waals surface area contributed by atoms with Gasteiger partial charge in [0.1, 0.15) is 5.52 Å². The van der Waals surface area contributed by atoms with Gasteiger partial charge in [0.25, 0.3) is 0 Å². The fourth-order valence-corrected chi connectivity index (χ4v) is 1.33. The van der Waals surface area contributed by atoms with Gasteiger partial charge >= 0.3 is 0 Å². The van der Waals surface area contributed by atoms with Gasteiger partial charge in [-0.25, -0.2) is 18.7 Å². The van der Waals surface area contributed by atoms with E-state index in [4.69, 9.17) is 0 Å². The Balaban J connectivity index is 2.17. The van der Waals surface area contributed by atoms with Crippen LogP contribution in [0.2, 0.25) is 0 Å². The van der Waals surface area contributed by atoms with E-state index in [0.29, 0.717) is 16.9 Å². The number of anilines is 1. The van der Waals surface area contributed by atoms with Crippen molar-refractivity contribution in [3.63, 3.8) is 0 Å². The molecule has 0 atom stereocenters. The molecule has 2 rings (SSSR count). The minimum atomic E-state index is -2.31. The van der Waals surface area contributed by atoms with Crippen LogP contribution >= 0.6 is 0 Å². The molecule has 2 heterocycles. The summed E-state index contributed by atoms with van der Waals surface area (Å²) in [5, 5.41) is 2.83. The molecule has 0 saturated heterocycles. The summed E-state index contributed by atoms with van der Waals surface area (Å²) in [6, 6.07) is 1.72. The van der Waals surface area contributed by atoms with Crippen molar-refractivity contribution in [1.82, 2.24) is 15.0 Å². The summed E-state index contributed by atoms with van der Waals surface area (Å²) in [4.78, 5) is 12.2. The van der Waals surface area contributed by atoms with E-state index in [9.17, 15) is 8.78 Å². The monoisotopic (exact) mass is 224 g/mol. The maximum Gasteiger partial charge on any atom is 0.240 e. The molecule has 2 aromatic rings. The third-order valence-electron chi connectivity index (χ3n) is 2.04. The molecule has 6 heteroatoms. The lowest BCUT2D eigenvalue weighted by Crippen LogP contribution is -2.08. The summed E-state index contributed by atoms with van der Waals surface area (Å²) in [5.74, 6) is 0.492. The number of rotatable bonds is 4. The topological polar surface area (TPSA) is 50.7 Å². The van der Waals surface area contributed by atoms with Crippen LogP contribution in [0.3, 0.4) is 0 Å². The van der Waals surface area contributed by atoms with E-state index in [0.717, 1.165) is 0 Å². The number of hydrogen-bond acceptors (Lipinski definition) is 4. The zero-order chi connectivity index (χ0) is 11.4. The summed E-state index contributed by atoms with van der Waals surface area (Å²) < 4.78 is 23.9. The first-order valence-corrected chi connectivity index (χ1v) is 4.85. The van der Waals surface area contributed by atoms with E-state index in [2.05, 4.69) is 20.3 Å². The molecule has 2 aromatic heterocycles. The van der Waals surface area contributed by atoms with E-state index in [1.165, 1.54) is 0 Å². The van der Waals surface area contributed by atoms with Crippen molar-refractivity contribution in [1.29, 1.82) is 0 Å². The third kappa shape index (κ3) is 2.39. The lowest BCUT2D eigenvalue weighted by Gasteiger charge is -2.06. The third-order valence-corrected chi connectivity index (χ3v) is 2.04. The first kappa shape index (κ1) is 10.7. The molecule has 0 radical (unpaired) electrons. The molecule has 0 aliphatic carbocycles. The predicted molar refractivity (Wildman–Crippen MR) is 56.4 cm³/mol. The van der Waals surface area contributed by atoms with Crippen molar-refractivity contribution in [2.45, 2.75) is 12.8 Å². The van der Waals surface area contributed by atoms with E-state index >= 15 is 0 Å². The summed E-state index contributed by atoms with van der Waals surface area (Å²) in [6.07, 6.45) is 2.17. The second kappa shape index (κ2) is 4.78. The average Bonchev–Trinajstić information content (AvgIpc) is 2.29. The highest BCUT2D eigenvalue weighted by atomic mass is 19.3. The number of pyridine rings is 1. The van der Waals surface area contributed by atoms with Crippen LogP contribution in [0, 0.1) is 0 Å². The fourth-order valence-electron chi connectivity index (χ4n) is 1.33. The van der Waals surface area contributed by atoms with Crippen LogP contribution < -0.4 is 5.32 Å². The molecule has 0 bridgehead atoms. The highest BCUT2D eigenvalue weighted by Gasteiger charge is 2.05. The Morgan fingerprint density at radius 3 is 2.75 bits per heavy atom. The number of alkyl halides is 2. The first-order chi connectivity index (χ1) is 7.77. The van der Waals surface area contributed by atoms with Crippen LogP contribution in [-0.4, -0.2) is 27.9 Å². The van der Waals surface area contributed by atoms with Gasteiger partial charge in [-0.15, -0.1) is 0 Å². The predicted octanol–water partition coefficient (Wildman–Crippen LogP) is 2.09. The quantitative estimate of drug-likeness (QED) is 0.863. The van der Waals surface area contributed by atoms with Gasteiger partial charge in [0.05, 0.1) is 5.52 Å². The lowest BCUT2D eigenvalue weighted by atomic mass is 10.3. The maximum atomic E-state index is 12.0. The number of fused-ring (bicyclic) bond motifs is 1. The van der Waals surface area contributed by atoms with Crippen LogP contribution in [0.25, 0.3) is 11.0 Å². The molecule has 4 nitrogen and oxygen atoms in total. The average molecular weight is 224 g/mol. The Hall–Kier alpha value is -1.85. The van der Waals surface area contributed by atoms with Crippen molar-refractivity contribution >= 4 is 16.9 Å². The molecule has 0 aromatic carbocycles.